The molecule has 0 saturated heterocycles. The normalized spacial score (nSPS) is 12.8. The lowest BCUT2D eigenvalue weighted by molar-refractivity contribution is -0.138. The molecule has 2 amide bonds. The van der Waals surface area contributed by atoms with E-state index in [1.54, 1.807) is 0 Å². The molecule has 1 heterocycles. The van der Waals surface area contributed by atoms with Gasteiger partial charge >= 0.3 is 12.4 Å². The number of aromatic nitrogens is 1. The molecule has 0 spiro atoms. The molecular weight excluding hydrogens is 560 g/mol. The van der Waals surface area contributed by atoms with Gasteiger partial charge in [0.25, 0.3) is 0 Å². The Bertz CT molecular complexity index is 1190. The quantitative estimate of drug-likeness (QED) is 0.196. The van der Waals surface area contributed by atoms with Crippen molar-refractivity contribution in [1.29, 1.82) is 0 Å². The van der Waals surface area contributed by atoms with E-state index in [0.717, 1.165) is 36.4 Å². The summed E-state index contributed by atoms with van der Waals surface area (Å²) in [6, 6.07) is 11.4. The highest BCUT2D eigenvalue weighted by Gasteiger charge is 2.37. The van der Waals surface area contributed by atoms with Gasteiger partial charge in [-0.05, 0) is 64.5 Å². The molecule has 0 fully saturated rings. The highest BCUT2D eigenvalue weighted by molar-refractivity contribution is 9.10. The van der Waals surface area contributed by atoms with E-state index in [4.69, 9.17) is 0 Å². The summed E-state index contributed by atoms with van der Waals surface area (Å²) >= 11 is 3.08. The molecular formula is C23H16BrF6N3O3. The molecule has 0 saturated carbocycles. The monoisotopic (exact) mass is 575 g/mol. The van der Waals surface area contributed by atoms with Crippen molar-refractivity contribution in [3.63, 3.8) is 0 Å². The van der Waals surface area contributed by atoms with Crippen LogP contribution < -0.4 is 10.6 Å². The molecule has 6 nitrogen and oxygen atoms in total. The number of anilines is 2. The van der Waals surface area contributed by atoms with Crippen molar-refractivity contribution in [2.45, 2.75) is 18.5 Å². The van der Waals surface area contributed by atoms with Crippen LogP contribution in [0.1, 0.15) is 22.9 Å². The minimum absolute atomic E-state index is 0.146. The van der Waals surface area contributed by atoms with Gasteiger partial charge in [0.1, 0.15) is 16.6 Å². The molecule has 3 N–H and O–H groups in total. The first kappa shape index (κ1) is 27.1. The Morgan fingerprint density at radius 2 is 1.22 bits per heavy atom. The molecule has 3 aromatic rings. The van der Waals surface area contributed by atoms with E-state index < -0.39 is 47.3 Å². The molecule has 0 aliphatic carbocycles. The van der Waals surface area contributed by atoms with Crippen molar-refractivity contribution in [1.82, 2.24) is 4.98 Å². The zero-order valence-electron chi connectivity index (χ0n) is 17.9. The first-order chi connectivity index (χ1) is 16.8. The lowest BCUT2D eigenvalue weighted by Crippen LogP contribution is -2.38. The third-order valence-corrected chi connectivity index (χ3v) is 5.28. The van der Waals surface area contributed by atoms with Crippen LogP contribution >= 0.6 is 15.9 Å². The van der Waals surface area contributed by atoms with Crippen molar-refractivity contribution in [2.24, 2.45) is 5.92 Å². The number of nitrogens with one attached hydrogen (secondary N) is 2. The molecule has 1 aromatic heterocycles. The lowest BCUT2D eigenvalue weighted by Gasteiger charge is -2.22. The van der Waals surface area contributed by atoms with Crippen LogP contribution in [0.15, 0.2) is 71.3 Å². The van der Waals surface area contributed by atoms with E-state index in [0.29, 0.717) is 12.1 Å². The average Bonchev–Trinajstić information content (AvgIpc) is 2.78. The fourth-order valence-electron chi connectivity index (χ4n) is 3.15. The van der Waals surface area contributed by atoms with Crippen molar-refractivity contribution >= 4 is 39.1 Å². The molecule has 0 aliphatic heterocycles. The summed E-state index contributed by atoms with van der Waals surface area (Å²) in [4.78, 5) is 30.0. The van der Waals surface area contributed by atoms with Gasteiger partial charge in [-0.15, -0.1) is 0 Å². The third-order valence-electron chi connectivity index (χ3n) is 4.84. The minimum Gasteiger partial charge on any atom is -0.385 e. The molecule has 36 heavy (non-hydrogen) atoms. The van der Waals surface area contributed by atoms with Crippen LogP contribution in [0.25, 0.3) is 0 Å². The Kier molecular flexibility index (Phi) is 8.04. The zero-order chi connectivity index (χ0) is 26.7. The fraction of sp³-hybridized carbons (Fsp3) is 0.174. The minimum atomic E-state index is -4.71. The predicted molar refractivity (Wildman–Crippen MR) is 121 cm³/mol. The third kappa shape index (κ3) is 6.82. The number of aliphatic hydroxyl groups is 1. The van der Waals surface area contributed by atoms with E-state index in [2.05, 4.69) is 31.5 Å². The average molecular weight is 576 g/mol. The number of benzene rings is 2. The van der Waals surface area contributed by atoms with Crippen LogP contribution in [0.5, 0.6) is 0 Å². The largest absolute Gasteiger partial charge is 0.416 e. The van der Waals surface area contributed by atoms with E-state index in [1.807, 2.05) is 0 Å². The molecule has 3 rings (SSSR count). The van der Waals surface area contributed by atoms with Crippen LogP contribution in [-0.4, -0.2) is 21.9 Å². The lowest BCUT2D eigenvalue weighted by atomic mass is 9.96. The number of hydrogen-bond acceptors (Lipinski definition) is 4. The number of halogens is 7. The van der Waals surface area contributed by atoms with Crippen molar-refractivity contribution < 1.29 is 41.0 Å². The molecule has 0 radical (unpaired) electrons. The number of alkyl halides is 6. The number of hydrogen-bond donors (Lipinski definition) is 3. The second kappa shape index (κ2) is 10.7. The highest BCUT2D eigenvalue weighted by Crippen LogP contribution is 2.33. The smallest absolute Gasteiger partial charge is 0.385 e. The Morgan fingerprint density at radius 3 is 1.64 bits per heavy atom. The van der Waals surface area contributed by atoms with Crippen LogP contribution in [0.4, 0.5) is 37.7 Å². The van der Waals surface area contributed by atoms with E-state index in [9.17, 15) is 41.0 Å². The van der Waals surface area contributed by atoms with Gasteiger partial charge in [0.05, 0.1) is 16.8 Å². The number of nitrogens with zero attached hydrogens (tertiary/aromatic N) is 1. The van der Waals surface area contributed by atoms with Crippen molar-refractivity contribution in [2.75, 3.05) is 10.6 Å². The summed E-state index contributed by atoms with van der Waals surface area (Å²) in [5, 5.41) is 15.1. The second-order valence-corrected chi connectivity index (χ2v) is 8.26. The molecule has 0 aliphatic rings. The van der Waals surface area contributed by atoms with Crippen LogP contribution in [-0.2, 0) is 21.9 Å². The van der Waals surface area contributed by atoms with Gasteiger partial charge in [-0.25, -0.2) is 4.98 Å². The van der Waals surface area contributed by atoms with Gasteiger partial charge in [0.15, 0.2) is 0 Å². The number of amides is 2. The number of pyridine rings is 1. The molecule has 0 bridgehead atoms. The summed E-state index contributed by atoms with van der Waals surface area (Å²) in [6.07, 6.45) is -11.3. The van der Waals surface area contributed by atoms with Gasteiger partial charge in [-0.1, -0.05) is 18.2 Å². The topological polar surface area (TPSA) is 91.3 Å². The maximum Gasteiger partial charge on any atom is 0.416 e. The zero-order valence-corrected chi connectivity index (χ0v) is 19.4. The molecule has 2 aromatic carbocycles. The summed E-state index contributed by atoms with van der Waals surface area (Å²) in [5.74, 6) is -4.43. The van der Waals surface area contributed by atoms with E-state index in [-0.39, 0.29) is 21.7 Å². The number of carbonyl (C=O) groups is 2. The number of rotatable bonds is 6. The first-order valence-corrected chi connectivity index (χ1v) is 10.8. The second-order valence-electron chi connectivity index (χ2n) is 7.44. The van der Waals surface area contributed by atoms with Crippen LogP contribution in [0.3, 0.4) is 0 Å². The van der Waals surface area contributed by atoms with Crippen molar-refractivity contribution in [3.05, 3.63) is 88.2 Å². The Labute approximate surface area is 208 Å². The molecule has 13 heteroatoms. The highest BCUT2D eigenvalue weighted by atomic mass is 79.9. The Balaban J connectivity index is 1.93. The number of carbonyl (C=O) groups excluding carboxylic acids is 2. The standard InChI is InChI=1S/C23H16BrF6N3O3/c24-17-9-3-8-16(33-17)19(34)18(20(35)31-14-6-1-4-12(10-14)22(25,26)27)21(36)32-15-7-2-5-13(11-15)23(28,29)30/h1-11,18-19,34H,(H,31,35)(H,32,36). The Morgan fingerprint density at radius 1 is 0.778 bits per heavy atom. The van der Waals surface area contributed by atoms with Gasteiger partial charge in [-0.3, -0.25) is 9.59 Å². The fourth-order valence-corrected chi connectivity index (χ4v) is 3.51. The SMILES string of the molecule is O=C(Nc1cccc(C(F)(F)F)c1)C(C(=O)Nc1cccc(C(F)(F)F)c1)C(O)c1cccc(Br)n1. The maximum absolute atomic E-state index is 13.0. The van der Waals surface area contributed by atoms with Gasteiger partial charge < -0.3 is 15.7 Å². The number of aliphatic hydroxyl groups excluding tert-OH is 1. The summed E-state index contributed by atoms with van der Waals surface area (Å²) < 4.78 is 78.4. The summed E-state index contributed by atoms with van der Waals surface area (Å²) in [6.45, 7) is 0. The van der Waals surface area contributed by atoms with Gasteiger partial charge in [-0.2, -0.15) is 26.3 Å². The van der Waals surface area contributed by atoms with E-state index >= 15 is 0 Å². The molecule has 190 valence electrons. The van der Waals surface area contributed by atoms with Gasteiger partial charge in [0.2, 0.25) is 11.8 Å². The maximum atomic E-state index is 13.0. The van der Waals surface area contributed by atoms with Crippen LogP contribution in [0.2, 0.25) is 0 Å². The van der Waals surface area contributed by atoms with Crippen LogP contribution in [0, 0.1) is 5.92 Å². The molecule has 1 atom stereocenters. The Hall–Kier alpha value is -3.45. The first-order valence-electron chi connectivity index (χ1n) is 10.0. The molecule has 1 unspecified atom stereocenters. The summed E-state index contributed by atoms with van der Waals surface area (Å²) in [7, 11) is 0. The summed E-state index contributed by atoms with van der Waals surface area (Å²) in [5.41, 5.74) is -2.92. The predicted octanol–water partition coefficient (Wildman–Crippen LogP) is 5.81. The van der Waals surface area contributed by atoms with E-state index in [1.165, 1.54) is 18.2 Å². The van der Waals surface area contributed by atoms with Crippen molar-refractivity contribution in [3.8, 4) is 0 Å². The van der Waals surface area contributed by atoms with Gasteiger partial charge in [0, 0.05) is 11.4 Å².